The molecule has 17 heavy (non-hydrogen) atoms. The van der Waals surface area contributed by atoms with Crippen molar-refractivity contribution in [3.05, 3.63) is 63.2 Å². The minimum Gasteiger partial charge on any atom is -0.326 e. The van der Waals surface area contributed by atoms with E-state index in [2.05, 4.69) is 71.1 Å². The van der Waals surface area contributed by atoms with Gasteiger partial charge in [0, 0.05) is 20.8 Å². The highest BCUT2D eigenvalue weighted by molar-refractivity contribution is 14.1. The van der Waals surface area contributed by atoms with Gasteiger partial charge in [0.1, 0.15) is 0 Å². The Balaban J connectivity index is 1.95. The summed E-state index contributed by atoms with van der Waals surface area (Å²) in [5, 5.41) is 0. The fraction of sp³-hybridized carbons (Fsp3) is 0.143. The number of thioether (sulfide) groups is 1. The van der Waals surface area contributed by atoms with Crippen LogP contribution in [0.25, 0.3) is 0 Å². The van der Waals surface area contributed by atoms with Crippen LogP contribution in [-0.4, -0.2) is 0 Å². The SMILES string of the molecule is NCc1ccc(SCc2ccc(I)cc2)cc1. The lowest BCUT2D eigenvalue weighted by Gasteiger charge is -2.03. The van der Waals surface area contributed by atoms with Crippen molar-refractivity contribution in [2.24, 2.45) is 5.73 Å². The van der Waals surface area contributed by atoms with Gasteiger partial charge in [0.15, 0.2) is 0 Å². The fourth-order valence-corrected chi connectivity index (χ4v) is 2.68. The molecule has 1 nitrogen and oxygen atoms in total. The third-order valence-electron chi connectivity index (χ3n) is 2.48. The standard InChI is InChI=1S/C14H14INS/c15-13-5-1-12(2-6-13)10-17-14-7-3-11(9-16)4-8-14/h1-8H,9-10,16H2. The van der Waals surface area contributed by atoms with Crippen LogP contribution in [0.15, 0.2) is 53.4 Å². The molecule has 0 spiro atoms. The Hall–Kier alpha value is -0.520. The van der Waals surface area contributed by atoms with E-state index in [1.165, 1.54) is 19.6 Å². The van der Waals surface area contributed by atoms with E-state index in [9.17, 15) is 0 Å². The first-order valence-electron chi connectivity index (χ1n) is 5.44. The summed E-state index contributed by atoms with van der Waals surface area (Å²) < 4.78 is 1.28. The van der Waals surface area contributed by atoms with Crippen molar-refractivity contribution in [1.82, 2.24) is 0 Å². The Kier molecular flexibility index (Phi) is 4.88. The molecular formula is C14H14INS. The number of halogens is 1. The summed E-state index contributed by atoms with van der Waals surface area (Å²) >= 11 is 4.18. The molecule has 0 bridgehead atoms. The van der Waals surface area contributed by atoms with Gasteiger partial charge in [-0.25, -0.2) is 0 Å². The van der Waals surface area contributed by atoms with E-state index in [-0.39, 0.29) is 0 Å². The van der Waals surface area contributed by atoms with Gasteiger partial charge in [-0.3, -0.25) is 0 Å². The van der Waals surface area contributed by atoms with Gasteiger partial charge in [-0.2, -0.15) is 0 Å². The largest absolute Gasteiger partial charge is 0.326 e. The van der Waals surface area contributed by atoms with Crippen molar-refractivity contribution < 1.29 is 0 Å². The quantitative estimate of drug-likeness (QED) is 0.662. The third-order valence-corrected chi connectivity index (χ3v) is 4.28. The monoisotopic (exact) mass is 355 g/mol. The normalized spacial score (nSPS) is 10.5. The first kappa shape index (κ1) is 12.9. The van der Waals surface area contributed by atoms with E-state index in [4.69, 9.17) is 5.73 Å². The van der Waals surface area contributed by atoms with Crippen molar-refractivity contribution in [3.8, 4) is 0 Å². The second-order valence-electron chi connectivity index (χ2n) is 3.76. The molecule has 2 rings (SSSR count). The van der Waals surface area contributed by atoms with Crippen LogP contribution in [0, 0.1) is 3.57 Å². The number of hydrogen-bond acceptors (Lipinski definition) is 2. The molecule has 2 aromatic rings. The zero-order valence-corrected chi connectivity index (χ0v) is 12.4. The molecule has 0 saturated heterocycles. The molecule has 0 saturated carbocycles. The van der Waals surface area contributed by atoms with Gasteiger partial charge in [-0.05, 0) is 58.0 Å². The highest BCUT2D eigenvalue weighted by Crippen LogP contribution is 2.23. The Morgan fingerprint density at radius 2 is 1.47 bits per heavy atom. The second-order valence-corrected chi connectivity index (χ2v) is 6.06. The van der Waals surface area contributed by atoms with Gasteiger partial charge in [-0.15, -0.1) is 11.8 Å². The molecule has 2 aromatic carbocycles. The van der Waals surface area contributed by atoms with E-state index in [1.807, 2.05) is 11.8 Å². The summed E-state index contributed by atoms with van der Waals surface area (Å²) in [6, 6.07) is 17.1. The smallest absolute Gasteiger partial charge is 0.0232 e. The molecule has 0 heterocycles. The van der Waals surface area contributed by atoms with Gasteiger partial charge in [0.25, 0.3) is 0 Å². The van der Waals surface area contributed by atoms with E-state index in [1.54, 1.807) is 0 Å². The molecule has 2 N–H and O–H groups in total. The molecule has 0 aliphatic carbocycles. The van der Waals surface area contributed by atoms with E-state index >= 15 is 0 Å². The van der Waals surface area contributed by atoms with E-state index in [0.29, 0.717) is 6.54 Å². The van der Waals surface area contributed by atoms with Crippen molar-refractivity contribution in [1.29, 1.82) is 0 Å². The minimum atomic E-state index is 0.613. The van der Waals surface area contributed by atoms with Crippen molar-refractivity contribution in [2.75, 3.05) is 0 Å². The number of rotatable bonds is 4. The Morgan fingerprint density at radius 3 is 2.06 bits per heavy atom. The zero-order valence-electron chi connectivity index (χ0n) is 9.40. The Bertz CT molecular complexity index is 465. The molecule has 0 aliphatic heterocycles. The minimum absolute atomic E-state index is 0.613. The topological polar surface area (TPSA) is 26.0 Å². The van der Waals surface area contributed by atoms with Crippen LogP contribution in [-0.2, 0) is 12.3 Å². The lowest BCUT2D eigenvalue weighted by Crippen LogP contribution is -1.94. The second kappa shape index (κ2) is 6.42. The van der Waals surface area contributed by atoms with Crippen LogP contribution in [0.4, 0.5) is 0 Å². The summed E-state index contributed by atoms with van der Waals surface area (Å²) in [4.78, 5) is 1.29. The van der Waals surface area contributed by atoms with Gasteiger partial charge in [0.2, 0.25) is 0 Å². The molecule has 0 atom stereocenters. The number of hydrogen-bond donors (Lipinski definition) is 1. The molecule has 3 heteroatoms. The summed E-state index contributed by atoms with van der Waals surface area (Å²) in [5.74, 6) is 1.01. The molecule has 0 radical (unpaired) electrons. The third kappa shape index (κ3) is 4.01. The van der Waals surface area contributed by atoms with Crippen LogP contribution in [0.2, 0.25) is 0 Å². The Labute approximate surface area is 120 Å². The lowest BCUT2D eigenvalue weighted by atomic mass is 10.2. The molecular weight excluding hydrogens is 341 g/mol. The van der Waals surface area contributed by atoms with Crippen molar-refractivity contribution >= 4 is 34.4 Å². The van der Waals surface area contributed by atoms with E-state index < -0.39 is 0 Å². The maximum atomic E-state index is 5.57. The summed E-state index contributed by atoms with van der Waals surface area (Å²) in [6.07, 6.45) is 0. The van der Waals surface area contributed by atoms with Gasteiger partial charge >= 0.3 is 0 Å². The summed E-state index contributed by atoms with van der Waals surface area (Å²) in [5.41, 5.74) is 8.12. The molecule has 0 aromatic heterocycles. The predicted octanol–water partition coefficient (Wildman–Crippen LogP) is 4.04. The molecule has 0 aliphatic rings. The van der Waals surface area contributed by atoms with Crippen LogP contribution in [0.3, 0.4) is 0 Å². The predicted molar refractivity (Wildman–Crippen MR) is 83.1 cm³/mol. The van der Waals surface area contributed by atoms with Crippen LogP contribution in [0.5, 0.6) is 0 Å². The number of nitrogens with two attached hydrogens (primary N) is 1. The fourth-order valence-electron chi connectivity index (χ4n) is 1.47. The molecule has 0 amide bonds. The summed E-state index contributed by atoms with van der Waals surface area (Å²) in [7, 11) is 0. The molecule has 0 unspecified atom stereocenters. The van der Waals surface area contributed by atoms with E-state index in [0.717, 1.165) is 5.75 Å². The zero-order chi connectivity index (χ0) is 12.1. The van der Waals surface area contributed by atoms with Crippen LogP contribution in [0.1, 0.15) is 11.1 Å². The first-order valence-corrected chi connectivity index (χ1v) is 7.50. The van der Waals surface area contributed by atoms with Gasteiger partial charge < -0.3 is 5.73 Å². The highest BCUT2D eigenvalue weighted by atomic mass is 127. The number of benzene rings is 2. The van der Waals surface area contributed by atoms with Gasteiger partial charge in [0.05, 0.1) is 0 Å². The first-order chi connectivity index (χ1) is 8.28. The highest BCUT2D eigenvalue weighted by Gasteiger charge is 1.97. The maximum Gasteiger partial charge on any atom is 0.0232 e. The van der Waals surface area contributed by atoms with Crippen LogP contribution < -0.4 is 5.73 Å². The lowest BCUT2D eigenvalue weighted by molar-refractivity contribution is 1.07. The average molecular weight is 355 g/mol. The molecule has 0 fully saturated rings. The molecule has 88 valence electrons. The van der Waals surface area contributed by atoms with Gasteiger partial charge in [-0.1, -0.05) is 24.3 Å². The van der Waals surface area contributed by atoms with Crippen molar-refractivity contribution in [3.63, 3.8) is 0 Å². The van der Waals surface area contributed by atoms with Crippen molar-refractivity contribution in [2.45, 2.75) is 17.2 Å². The average Bonchev–Trinajstić information content (AvgIpc) is 2.39. The maximum absolute atomic E-state index is 5.57. The van der Waals surface area contributed by atoms with Crippen LogP contribution >= 0.6 is 34.4 Å². The Morgan fingerprint density at radius 1 is 0.882 bits per heavy atom. The summed E-state index contributed by atoms with van der Waals surface area (Å²) in [6.45, 7) is 0.613.